The summed E-state index contributed by atoms with van der Waals surface area (Å²) in [7, 11) is 1.34. The van der Waals surface area contributed by atoms with Crippen LogP contribution in [0, 0.1) is 11.7 Å². The fourth-order valence-corrected chi connectivity index (χ4v) is 2.55. The fraction of sp³-hybridized carbons (Fsp3) is 0.571. The Labute approximate surface area is 110 Å². The van der Waals surface area contributed by atoms with Crippen LogP contribution in [0.25, 0.3) is 0 Å². The summed E-state index contributed by atoms with van der Waals surface area (Å²) in [4.78, 5) is 0. The summed E-state index contributed by atoms with van der Waals surface area (Å²) in [6.07, 6.45) is -1.16. The third kappa shape index (κ3) is 3.03. The van der Waals surface area contributed by atoms with E-state index in [-0.39, 0.29) is 42.9 Å². The van der Waals surface area contributed by atoms with Crippen LogP contribution >= 0.6 is 0 Å². The predicted molar refractivity (Wildman–Crippen MR) is 64.8 cm³/mol. The van der Waals surface area contributed by atoms with Crippen molar-refractivity contribution in [1.29, 1.82) is 0 Å². The molecular weight excluding hydrogens is 257 g/mol. The Kier molecular flexibility index (Phi) is 4.04. The molecule has 106 valence electrons. The van der Waals surface area contributed by atoms with Crippen molar-refractivity contribution >= 4 is 0 Å². The molecule has 0 heterocycles. The van der Waals surface area contributed by atoms with Gasteiger partial charge in [0.05, 0.1) is 13.2 Å². The highest BCUT2D eigenvalue weighted by Gasteiger charge is 2.38. The van der Waals surface area contributed by atoms with Gasteiger partial charge >= 0.3 is 0 Å². The van der Waals surface area contributed by atoms with Crippen LogP contribution in [0.4, 0.5) is 13.2 Å². The van der Waals surface area contributed by atoms with E-state index in [4.69, 9.17) is 4.74 Å². The quantitative estimate of drug-likeness (QED) is 0.910. The summed E-state index contributed by atoms with van der Waals surface area (Å²) in [6, 6.07) is 4.51. The number of alkyl halides is 2. The van der Waals surface area contributed by atoms with Crippen LogP contribution in [0.3, 0.4) is 0 Å². The van der Waals surface area contributed by atoms with Gasteiger partial charge < -0.3 is 9.84 Å². The van der Waals surface area contributed by atoms with Crippen molar-refractivity contribution in [3.63, 3.8) is 0 Å². The van der Waals surface area contributed by atoms with Gasteiger partial charge in [-0.15, -0.1) is 0 Å². The lowest BCUT2D eigenvalue weighted by molar-refractivity contribution is -0.0630. The molecule has 0 spiro atoms. The summed E-state index contributed by atoms with van der Waals surface area (Å²) in [5, 5.41) is 10.2. The van der Waals surface area contributed by atoms with Gasteiger partial charge in [0, 0.05) is 18.4 Å². The Morgan fingerprint density at radius 3 is 2.53 bits per heavy atom. The lowest BCUT2D eigenvalue weighted by atomic mass is 9.81. The maximum Gasteiger partial charge on any atom is 0.248 e. The monoisotopic (exact) mass is 274 g/mol. The summed E-state index contributed by atoms with van der Waals surface area (Å²) in [6.45, 7) is 0. The lowest BCUT2D eigenvalue weighted by Gasteiger charge is -2.31. The predicted octanol–water partition coefficient (Wildman–Crippen LogP) is 3.69. The molecule has 2 nitrogen and oxygen atoms in total. The molecule has 1 atom stereocenters. The Bertz CT molecular complexity index is 438. The minimum absolute atomic E-state index is 0.0534. The average Bonchev–Trinajstić information content (AvgIpc) is 2.38. The summed E-state index contributed by atoms with van der Waals surface area (Å²) >= 11 is 0. The molecule has 0 bridgehead atoms. The van der Waals surface area contributed by atoms with Crippen molar-refractivity contribution in [3.8, 4) is 5.75 Å². The second-order valence-corrected chi connectivity index (χ2v) is 5.00. The van der Waals surface area contributed by atoms with Crippen molar-refractivity contribution in [2.24, 2.45) is 5.92 Å². The molecule has 0 saturated heterocycles. The van der Waals surface area contributed by atoms with Crippen LogP contribution in [0.15, 0.2) is 18.2 Å². The SMILES string of the molecule is COc1cccc(C(O)C2CCC(F)(F)CC2)c1F. The molecule has 1 N–H and O–H groups in total. The first kappa shape index (κ1) is 14.2. The molecule has 1 aromatic carbocycles. The normalized spacial score (nSPS) is 21.1. The minimum Gasteiger partial charge on any atom is -0.494 e. The van der Waals surface area contributed by atoms with Crippen LogP contribution < -0.4 is 4.74 Å². The highest BCUT2D eigenvalue weighted by atomic mass is 19.3. The van der Waals surface area contributed by atoms with Gasteiger partial charge in [0.2, 0.25) is 5.92 Å². The standard InChI is InChI=1S/C14H17F3O2/c1-19-11-4-2-3-10(12(11)15)13(18)9-5-7-14(16,17)8-6-9/h2-4,9,13,18H,5-8H2,1H3. The van der Waals surface area contributed by atoms with Crippen molar-refractivity contribution in [1.82, 2.24) is 0 Å². The Morgan fingerprint density at radius 1 is 1.32 bits per heavy atom. The number of benzene rings is 1. The van der Waals surface area contributed by atoms with Crippen molar-refractivity contribution in [2.45, 2.75) is 37.7 Å². The van der Waals surface area contributed by atoms with Crippen LogP contribution in [-0.2, 0) is 0 Å². The lowest BCUT2D eigenvalue weighted by Crippen LogP contribution is -2.28. The number of aliphatic hydroxyl groups excluding tert-OH is 1. The maximum atomic E-state index is 14.0. The van der Waals surface area contributed by atoms with Crippen LogP contribution in [0.2, 0.25) is 0 Å². The first-order chi connectivity index (χ1) is 8.94. The van der Waals surface area contributed by atoms with Gasteiger partial charge in [-0.2, -0.15) is 0 Å². The van der Waals surface area contributed by atoms with Gasteiger partial charge in [-0.1, -0.05) is 12.1 Å². The summed E-state index contributed by atoms with van der Waals surface area (Å²) in [5.74, 6) is -3.54. The number of halogens is 3. The molecule has 1 aliphatic rings. The highest BCUT2D eigenvalue weighted by Crippen LogP contribution is 2.42. The first-order valence-corrected chi connectivity index (χ1v) is 6.33. The molecule has 1 saturated carbocycles. The maximum absolute atomic E-state index is 14.0. The van der Waals surface area contributed by atoms with Crippen LogP contribution in [0.5, 0.6) is 5.75 Å². The molecular formula is C14H17F3O2. The Morgan fingerprint density at radius 2 is 1.95 bits per heavy atom. The third-order valence-corrected chi connectivity index (χ3v) is 3.74. The first-order valence-electron chi connectivity index (χ1n) is 6.33. The van der Waals surface area contributed by atoms with Crippen LogP contribution in [0.1, 0.15) is 37.4 Å². The van der Waals surface area contributed by atoms with E-state index in [0.29, 0.717) is 0 Å². The van der Waals surface area contributed by atoms with E-state index in [1.54, 1.807) is 6.07 Å². The minimum atomic E-state index is -2.65. The van der Waals surface area contributed by atoms with Gasteiger partial charge in [0.25, 0.3) is 0 Å². The molecule has 5 heteroatoms. The van der Waals surface area contributed by atoms with E-state index < -0.39 is 17.8 Å². The van der Waals surface area contributed by atoms with E-state index >= 15 is 0 Å². The number of hydrogen-bond acceptors (Lipinski definition) is 2. The largest absolute Gasteiger partial charge is 0.494 e. The number of methoxy groups -OCH3 is 1. The zero-order valence-corrected chi connectivity index (χ0v) is 10.7. The number of ether oxygens (including phenoxy) is 1. The molecule has 0 amide bonds. The van der Waals surface area contributed by atoms with Gasteiger partial charge in [0.15, 0.2) is 11.6 Å². The van der Waals surface area contributed by atoms with Gasteiger partial charge in [-0.25, -0.2) is 13.2 Å². The van der Waals surface area contributed by atoms with Gasteiger partial charge in [-0.05, 0) is 24.8 Å². The summed E-state index contributed by atoms with van der Waals surface area (Å²) < 4.78 is 45.0. The van der Waals surface area contributed by atoms with E-state index in [9.17, 15) is 18.3 Å². The molecule has 1 aromatic rings. The smallest absolute Gasteiger partial charge is 0.248 e. The Hall–Kier alpha value is -1.23. The topological polar surface area (TPSA) is 29.5 Å². The van der Waals surface area contributed by atoms with E-state index in [1.807, 2.05) is 0 Å². The van der Waals surface area contributed by atoms with Crippen LogP contribution in [-0.4, -0.2) is 18.1 Å². The third-order valence-electron chi connectivity index (χ3n) is 3.74. The summed E-state index contributed by atoms with van der Waals surface area (Å²) in [5.41, 5.74) is 0.120. The zero-order chi connectivity index (χ0) is 14.0. The molecule has 1 fully saturated rings. The number of hydrogen-bond donors (Lipinski definition) is 1. The molecule has 1 unspecified atom stereocenters. The molecule has 2 rings (SSSR count). The zero-order valence-electron chi connectivity index (χ0n) is 10.7. The van der Waals surface area contributed by atoms with Crippen molar-refractivity contribution < 1.29 is 23.0 Å². The number of aliphatic hydroxyl groups is 1. The van der Waals surface area contributed by atoms with E-state index in [1.165, 1.54) is 19.2 Å². The van der Waals surface area contributed by atoms with Gasteiger partial charge in [0.1, 0.15) is 0 Å². The molecule has 0 radical (unpaired) electrons. The average molecular weight is 274 g/mol. The number of rotatable bonds is 3. The van der Waals surface area contributed by atoms with Crippen molar-refractivity contribution in [3.05, 3.63) is 29.6 Å². The van der Waals surface area contributed by atoms with E-state index in [2.05, 4.69) is 0 Å². The Balaban J connectivity index is 2.14. The highest BCUT2D eigenvalue weighted by molar-refractivity contribution is 5.32. The fourth-order valence-electron chi connectivity index (χ4n) is 2.55. The molecule has 0 aliphatic heterocycles. The second-order valence-electron chi connectivity index (χ2n) is 5.00. The molecule has 19 heavy (non-hydrogen) atoms. The second kappa shape index (κ2) is 5.41. The van der Waals surface area contributed by atoms with E-state index in [0.717, 1.165) is 0 Å². The van der Waals surface area contributed by atoms with Crippen molar-refractivity contribution in [2.75, 3.05) is 7.11 Å². The van der Waals surface area contributed by atoms with Gasteiger partial charge in [-0.3, -0.25) is 0 Å². The molecule has 1 aliphatic carbocycles. The molecule has 0 aromatic heterocycles.